The molecule has 1 amide bonds. The Morgan fingerprint density at radius 3 is 2.81 bits per heavy atom. The van der Waals surface area contributed by atoms with Crippen LogP contribution in [0.3, 0.4) is 0 Å². The molecule has 3 heterocycles. The van der Waals surface area contributed by atoms with E-state index in [1.165, 1.54) is 12.1 Å². The first kappa shape index (κ1) is 20.7. The molecule has 3 aromatic rings. The lowest BCUT2D eigenvalue weighted by Crippen LogP contribution is -2.38. The summed E-state index contributed by atoms with van der Waals surface area (Å²) < 4.78 is 24.8. The first-order valence-electron chi connectivity index (χ1n) is 10.1. The van der Waals surface area contributed by atoms with Crippen LogP contribution in [-0.4, -0.2) is 46.0 Å². The van der Waals surface area contributed by atoms with Crippen LogP contribution in [0.1, 0.15) is 31.5 Å². The molecule has 160 valence electrons. The predicted octanol–water partition coefficient (Wildman–Crippen LogP) is 4.20. The summed E-state index contributed by atoms with van der Waals surface area (Å²) in [4.78, 5) is 27.2. The van der Waals surface area contributed by atoms with Gasteiger partial charge in [-0.25, -0.2) is 9.37 Å². The number of amides is 1. The van der Waals surface area contributed by atoms with Crippen LogP contribution >= 0.6 is 0 Å². The summed E-state index contributed by atoms with van der Waals surface area (Å²) in [6.07, 6.45) is 5.03. The molecule has 0 spiro atoms. The Balaban J connectivity index is 1.73. The number of benzene rings is 1. The Morgan fingerprint density at radius 1 is 1.16 bits per heavy atom. The van der Waals surface area contributed by atoms with E-state index >= 15 is 0 Å². The van der Waals surface area contributed by atoms with Crippen LogP contribution in [0, 0.1) is 5.82 Å². The number of hydrogen-bond acceptors (Lipinski definition) is 6. The zero-order valence-corrected chi connectivity index (χ0v) is 17.4. The standard InChI is InChI=1S/C23H23FN4O3/c1-15(29)28-8-4-5-16(14-28)23-26-21(17-9-20(30-2)13-25-12-17)11-22(27-23)31-19-7-3-6-18(24)10-19/h3,6-7,9-13,16H,4-5,8,14H2,1-2H3. The Kier molecular flexibility index (Phi) is 6.06. The van der Waals surface area contributed by atoms with Gasteiger partial charge in [0.2, 0.25) is 11.8 Å². The van der Waals surface area contributed by atoms with Crippen molar-refractivity contribution in [2.75, 3.05) is 20.2 Å². The van der Waals surface area contributed by atoms with Gasteiger partial charge in [-0.05, 0) is 31.0 Å². The van der Waals surface area contributed by atoms with E-state index in [1.807, 2.05) is 11.0 Å². The van der Waals surface area contributed by atoms with Crippen molar-refractivity contribution in [1.29, 1.82) is 0 Å². The van der Waals surface area contributed by atoms with Crippen LogP contribution in [0.15, 0.2) is 48.8 Å². The number of likely N-dealkylation sites (tertiary alicyclic amines) is 1. The Labute approximate surface area is 179 Å². The molecule has 1 atom stereocenters. The van der Waals surface area contributed by atoms with Gasteiger partial charge in [-0.3, -0.25) is 9.78 Å². The average Bonchev–Trinajstić information content (AvgIpc) is 2.79. The summed E-state index contributed by atoms with van der Waals surface area (Å²) in [6, 6.07) is 9.40. The van der Waals surface area contributed by atoms with Crippen molar-refractivity contribution in [3.8, 4) is 28.6 Å². The Hall–Kier alpha value is -3.55. The second kappa shape index (κ2) is 9.07. The molecule has 4 rings (SSSR count). The molecule has 2 aromatic heterocycles. The molecule has 1 saturated heterocycles. The number of rotatable bonds is 5. The van der Waals surface area contributed by atoms with Gasteiger partial charge in [-0.15, -0.1) is 0 Å². The van der Waals surface area contributed by atoms with Crippen molar-refractivity contribution in [1.82, 2.24) is 19.9 Å². The smallest absolute Gasteiger partial charge is 0.223 e. The highest BCUT2D eigenvalue weighted by Crippen LogP contribution is 2.31. The number of hydrogen-bond donors (Lipinski definition) is 0. The van der Waals surface area contributed by atoms with Gasteiger partial charge in [0.15, 0.2) is 0 Å². The number of nitrogens with zero attached hydrogens (tertiary/aromatic N) is 4. The molecule has 1 unspecified atom stereocenters. The topological polar surface area (TPSA) is 77.4 Å². The molecular formula is C23H23FN4O3. The molecule has 1 aliphatic heterocycles. The lowest BCUT2D eigenvalue weighted by Gasteiger charge is -2.31. The number of aromatic nitrogens is 3. The molecule has 0 bridgehead atoms. The van der Waals surface area contributed by atoms with Crippen molar-refractivity contribution >= 4 is 5.91 Å². The quantitative estimate of drug-likeness (QED) is 0.613. The van der Waals surface area contributed by atoms with Gasteiger partial charge in [-0.1, -0.05) is 6.07 Å². The minimum Gasteiger partial charge on any atom is -0.495 e. The zero-order chi connectivity index (χ0) is 21.8. The highest BCUT2D eigenvalue weighted by atomic mass is 19.1. The molecule has 0 saturated carbocycles. The average molecular weight is 422 g/mol. The highest BCUT2D eigenvalue weighted by Gasteiger charge is 2.26. The number of pyridine rings is 1. The van der Waals surface area contributed by atoms with Crippen LogP contribution in [0.25, 0.3) is 11.3 Å². The van der Waals surface area contributed by atoms with Crippen LogP contribution < -0.4 is 9.47 Å². The van der Waals surface area contributed by atoms with E-state index in [1.54, 1.807) is 44.6 Å². The van der Waals surface area contributed by atoms with E-state index in [-0.39, 0.29) is 11.8 Å². The predicted molar refractivity (Wildman–Crippen MR) is 113 cm³/mol. The summed E-state index contributed by atoms with van der Waals surface area (Å²) in [7, 11) is 1.57. The molecule has 1 aromatic carbocycles. The number of halogens is 1. The van der Waals surface area contributed by atoms with E-state index in [2.05, 4.69) is 9.97 Å². The van der Waals surface area contributed by atoms with Gasteiger partial charge in [0.1, 0.15) is 23.1 Å². The summed E-state index contributed by atoms with van der Waals surface area (Å²) >= 11 is 0. The normalized spacial score (nSPS) is 16.1. The maximum absolute atomic E-state index is 13.6. The van der Waals surface area contributed by atoms with Gasteiger partial charge < -0.3 is 14.4 Å². The van der Waals surface area contributed by atoms with Crippen LogP contribution in [0.4, 0.5) is 4.39 Å². The summed E-state index contributed by atoms with van der Waals surface area (Å²) in [5, 5.41) is 0. The van der Waals surface area contributed by atoms with E-state index in [0.29, 0.717) is 35.4 Å². The molecule has 1 fully saturated rings. The van der Waals surface area contributed by atoms with Crippen molar-refractivity contribution in [2.45, 2.75) is 25.7 Å². The fraction of sp³-hybridized carbons (Fsp3) is 0.304. The molecule has 0 aliphatic carbocycles. The summed E-state index contributed by atoms with van der Waals surface area (Å²) in [6.45, 7) is 2.85. The Bertz CT molecular complexity index is 1090. The van der Waals surface area contributed by atoms with Crippen LogP contribution in [-0.2, 0) is 4.79 Å². The molecule has 0 N–H and O–H groups in total. The van der Waals surface area contributed by atoms with E-state index in [9.17, 15) is 9.18 Å². The van der Waals surface area contributed by atoms with Gasteiger partial charge in [0, 0.05) is 49.8 Å². The van der Waals surface area contributed by atoms with Crippen LogP contribution in [0.5, 0.6) is 17.4 Å². The lowest BCUT2D eigenvalue weighted by molar-refractivity contribution is -0.130. The largest absolute Gasteiger partial charge is 0.495 e. The highest BCUT2D eigenvalue weighted by molar-refractivity contribution is 5.73. The van der Waals surface area contributed by atoms with E-state index in [0.717, 1.165) is 24.9 Å². The maximum Gasteiger partial charge on any atom is 0.223 e. The van der Waals surface area contributed by atoms with Crippen molar-refractivity contribution < 1.29 is 18.7 Å². The second-order valence-electron chi connectivity index (χ2n) is 7.43. The Morgan fingerprint density at radius 2 is 2.03 bits per heavy atom. The van der Waals surface area contributed by atoms with E-state index < -0.39 is 5.82 Å². The number of methoxy groups -OCH3 is 1. The number of carbonyl (C=O) groups excluding carboxylic acids is 1. The molecule has 0 radical (unpaired) electrons. The zero-order valence-electron chi connectivity index (χ0n) is 17.4. The maximum atomic E-state index is 13.6. The van der Waals surface area contributed by atoms with Gasteiger partial charge in [0.25, 0.3) is 0 Å². The number of carbonyl (C=O) groups is 1. The fourth-order valence-corrected chi connectivity index (χ4v) is 3.62. The fourth-order valence-electron chi connectivity index (χ4n) is 3.62. The third kappa shape index (κ3) is 4.96. The van der Waals surface area contributed by atoms with Crippen molar-refractivity contribution in [3.63, 3.8) is 0 Å². The molecule has 7 nitrogen and oxygen atoms in total. The number of piperidine rings is 1. The minimum absolute atomic E-state index is 0.0222. The molecule has 31 heavy (non-hydrogen) atoms. The summed E-state index contributed by atoms with van der Waals surface area (Å²) in [5.41, 5.74) is 1.36. The number of ether oxygens (including phenoxy) is 2. The third-order valence-electron chi connectivity index (χ3n) is 5.21. The van der Waals surface area contributed by atoms with Crippen molar-refractivity contribution in [2.24, 2.45) is 0 Å². The SMILES string of the molecule is COc1cncc(-c2cc(Oc3cccc(F)c3)nc(C3CCCN(C(C)=O)C3)n2)c1. The molecule has 8 heteroatoms. The van der Waals surface area contributed by atoms with Gasteiger partial charge in [-0.2, -0.15) is 4.98 Å². The van der Waals surface area contributed by atoms with Crippen LogP contribution in [0.2, 0.25) is 0 Å². The monoisotopic (exact) mass is 422 g/mol. The van der Waals surface area contributed by atoms with Gasteiger partial charge >= 0.3 is 0 Å². The molecular weight excluding hydrogens is 399 g/mol. The lowest BCUT2D eigenvalue weighted by atomic mass is 9.97. The third-order valence-corrected chi connectivity index (χ3v) is 5.21. The van der Waals surface area contributed by atoms with E-state index in [4.69, 9.17) is 14.5 Å². The first-order chi connectivity index (χ1) is 15.0. The first-order valence-corrected chi connectivity index (χ1v) is 10.1. The van der Waals surface area contributed by atoms with Crippen molar-refractivity contribution in [3.05, 3.63) is 60.4 Å². The second-order valence-corrected chi connectivity index (χ2v) is 7.43. The van der Waals surface area contributed by atoms with Gasteiger partial charge in [0.05, 0.1) is 19.0 Å². The molecule has 1 aliphatic rings. The minimum atomic E-state index is -0.395. The summed E-state index contributed by atoms with van der Waals surface area (Å²) in [5.74, 6) is 1.44.